The van der Waals surface area contributed by atoms with Crippen molar-refractivity contribution in [1.29, 1.82) is 0 Å². The molecule has 30 heavy (non-hydrogen) atoms. The van der Waals surface area contributed by atoms with Gasteiger partial charge in [0, 0.05) is 23.5 Å². The third kappa shape index (κ3) is 3.92. The number of aryl methyl sites for hydroxylation is 1. The monoisotopic (exact) mass is 445 g/mol. The van der Waals surface area contributed by atoms with E-state index >= 15 is 0 Å². The molecule has 0 saturated heterocycles. The lowest BCUT2D eigenvalue weighted by molar-refractivity contribution is -0.113. The number of thioether (sulfide) groups is 1. The molecule has 0 bridgehead atoms. The second-order valence-electron chi connectivity index (χ2n) is 8.07. The predicted octanol–water partition coefficient (Wildman–Crippen LogP) is 4.11. The first kappa shape index (κ1) is 21.1. The molecule has 0 saturated carbocycles. The summed E-state index contributed by atoms with van der Waals surface area (Å²) < 4.78 is 3.47. The van der Waals surface area contributed by atoms with E-state index in [0.29, 0.717) is 23.4 Å². The minimum atomic E-state index is -0.140. The molecule has 0 spiro atoms. The third-order valence-corrected chi connectivity index (χ3v) is 7.58. The van der Waals surface area contributed by atoms with Crippen molar-refractivity contribution in [3.8, 4) is 0 Å². The number of carbonyl (C=O) groups is 1. The lowest BCUT2D eigenvalue weighted by atomic mass is 9.89. The van der Waals surface area contributed by atoms with Gasteiger partial charge in [0.05, 0.1) is 17.3 Å². The van der Waals surface area contributed by atoms with E-state index in [1.54, 1.807) is 32.8 Å². The third-order valence-electron chi connectivity index (χ3n) is 5.46. The van der Waals surface area contributed by atoms with Crippen molar-refractivity contribution in [1.82, 2.24) is 19.3 Å². The maximum Gasteiger partial charge on any atom is 0.263 e. The highest BCUT2D eigenvalue weighted by molar-refractivity contribution is 7.99. The van der Waals surface area contributed by atoms with Gasteiger partial charge >= 0.3 is 0 Å². The highest BCUT2D eigenvalue weighted by atomic mass is 32.2. The molecule has 1 atom stereocenters. The SMILES string of the molecule is CCn1c(SCC(=O)Nc2ccnn2C(C)C)nc2sc3c(c2c1=O)CCC(C)C3. The summed E-state index contributed by atoms with van der Waals surface area (Å²) in [4.78, 5) is 32.6. The van der Waals surface area contributed by atoms with Gasteiger partial charge in [0.1, 0.15) is 10.6 Å². The first-order valence-corrected chi connectivity index (χ1v) is 12.2. The maximum absolute atomic E-state index is 13.2. The Morgan fingerprint density at radius 1 is 1.43 bits per heavy atom. The number of fused-ring (bicyclic) bond motifs is 3. The highest BCUT2D eigenvalue weighted by Crippen LogP contribution is 2.36. The predicted molar refractivity (Wildman–Crippen MR) is 123 cm³/mol. The molecule has 3 heterocycles. The van der Waals surface area contributed by atoms with Crippen LogP contribution in [-0.4, -0.2) is 31.0 Å². The van der Waals surface area contributed by atoms with E-state index in [0.717, 1.165) is 29.5 Å². The van der Waals surface area contributed by atoms with Gasteiger partial charge in [0.15, 0.2) is 5.16 Å². The van der Waals surface area contributed by atoms with E-state index in [2.05, 4.69) is 17.3 Å². The Balaban J connectivity index is 1.57. The number of rotatable bonds is 6. The van der Waals surface area contributed by atoms with Crippen molar-refractivity contribution in [2.24, 2.45) is 5.92 Å². The molecule has 4 rings (SSSR count). The summed E-state index contributed by atoms with van der Waals surface area (Å²) in [6, 6.07) is 1.94. The van der Waals surface area contributed by atoms with Crippen LogP contribution in [0.4, 0.5) is 5.82 Å². The van der Waals surface area contributed by atoms with E-state index in [1.807, 2.05) is 20.8 Å². The Morgan fingerprint density at radius 2 is 2.23 bits per heavy atom. The van der Waals surface area contributed by atoms with E-state index in [4.69, 9.17) is 4.98 Å². The van der Waals surface area contributed by atoms with Crippen molar-refractivity contribution >= 4 is 45.0 Å². The molecule has 1 unspecified atom stereocenters. The van der Waals surface area contributed by atoms with Gasteiger partial charge in [-0.15, -0.1) is 11.3 Å². The first-order chi connectivity index (χ1) is 14.4. The Hall–Kier alpha value is -2.13. The molecule has 9 heteroatoms. The number of nitrogens with zero attached hydrogens (tertiary/aromatic N) is 4. The summed E-state index contributed by atoms with van der Waals surface area (Å²) >= 11 is 2.95. The molecular formula is C21H27N5O2S2. The normalized spacial score (nSPS) is 16.2. The summed E-state index contributed by atoms with van der Waals surface area (Å²) in [5.41, 5.74) is 1.22. The van der Waals surface area contributed by atoms with Crippen molar-refractivity contribution in [3.05, 3.63) is 33.1 Å². The molecule has 0 aromatic carbocycles. The van der Waals surface area contributed by atoms with Gasteiger partial charge in [-0.25, -0.2) is 9.67 Å². The average molecular weight is 446 g/mol. The van der Waals surface area contributed by atoms with Gasteiger partial charge in [-0.3, -0.25) is 14.2 Å². The molecule has 3 aromatic rings. The Morgan fingerprint density at radius 3 is 2.97 bits per heavy atom. The number of thiophene rings is 1. The highest BCUT2D eigenvalue weighted by Gasteiger charge is 2.24. The fourth-order valence-corrected chi connectivity index (χ4v) is 6.21. The number of hydrogen-bond donors (Lipinski definition) is 1. The number of nitrogens with one attached hydrogen (secondary N) is 1. The van der Waals surface area contributed by atoms with Crippen molar-refractivity contribution in [2.75, 3.05) is 11.1 Å². The molecule has 1 amide bonds. The smallest absolute Gasteiger partial charge is 0.263 e. The Kier molecular flexibility index (Phi) is 6.02. The summed E-state index contributed by atoms with van der Waals surface area (Å²) in [5, 5.41) is 8.54. The van der Waals surface area contributed by atoms with Crippen molar-refractivity contribution < 1.29 is 4.79 Å². The fourth-order valence-electron chi connectivity index (χ4n) is 3.93. The molecule has 1 aliphatic carbocycles. The number of amides is 1. The zero-order chi connectivity index (χ0) is 21.4. The van der Waals surface area contributed by atoms with Gasteiger partial charge in [0.2, 0.25) is 5.91 Å². The van der Waals surface area contributed by atoms with E-state index in [9.17, 15) is 9.59 Å². The second kappa shape index (κ2) is 8.55. The van der Waals surface area contributed by atoms with Gasteiger partial charge in [-0.2, -0.15) is 5.10 Å². The van der Waals surface area contributed by atoms with Crippen molar-refractivity contribution in [3.63, 3.8) is 0 Å². The van der Waals surface area contributed by atoms with Crippen LogP contribution in [0.1, 0.15) is 50.6 Å². The molecule has 3 aromatic heterocycles. The standard InChI is InChI=1S/C21H27N5O2S2/c1-5-25-20(28)18-14-7-6-13(4)10-15(14)30-19(18)24-21(25)29-11-17(27)23-16-8-9-22-26(16)12(2)3/h8-9,12-13H,5-7,10-11H2,1-4H3,(H,23,27). The van der Waals surface area contributed by atoms with Crippen LogP contribution in [0.15, 0.2) is 22.2 Å². The van der Waals surface area contributed by atoms with Crippen LogP contribution in [0.3, 0.4) is 0 Å². The Labute approximate surface area is 183 Å². The van der Waals surface area contributed by atoms with Crippen LogP contribution in [-0.2, 0) is 24.2 Å². The summed E-state index contributed by atoms with van der Waals surface area (Å²) in [7, 11) is 0. The van der Waals surface area contributed by atoms with Crippen LogP contribution < -0.4 is 10.9 Å². The molecule has 0 aliphatic heterocycles. The molecular weight excluding hydrogens is 418 g/mol. The maximum atomic E-state index is 13.2. The largest absolute Gasteiger partial charge is 0.310 e. The summed E-state index contributed by atoms with van der Waals surface area (Å²) in [6.45, 7) is 8.76. The van der Waals surface area contributed by atoms with Crippen molar-refractivity contribution in [2.45, 2.75) is 64.7 Å². The molecule has 1 aliphatic rings. The quantitative estimate of drug-likeness (QED) is 0.456. The molecule has 160 valence electrons. The molecule has 0 radical (unpaired) electrons. The molecule has 1 N–H and O–H groups in total. The zero-order valence-electron chi connectivity index (χ0n) is 17.8. The van der Waals surface area contributed by atoms with Crippen LogP contribution in [0.5, 0.6) is 0 Å². The number of aromatic nitrogens is 4. The van der Waals surface area contributed by atoms with Gasteiger partial charge < -0.3 is 5.32 Å². The topological polar surface area (TPSA) is 81.8 Å². The molecule has 7 nitrogen and oxygen atoms in total. The van der Waals surface area contributed by atoms with Crippen LogP contribution in [0.2, 0.25) is 0 Å². The molecule has 0 fully saturated rings. The lowest BCUT2D eigenvalue weighted by Gasteiger charge is -2.17. The summed E-state index contributed by atoms with van der Waals surface area (Å²) in [6.07, 6.45) is 4.77. The minimum absolute atomic E-state index is 0.0235. The first-order valence-electron chi connectivity index (χ1n) is 10.4. The van der Waals surface area contributed by atoms with E-state index < -0.39 is 0 Å². The van der Waals surface area contributed by atoms with Gasteiger partial charge in [-0.05, 0) is 51.5 Å². The second-order valence-corrected chi connectivity index (χ2v) is 10.1. The number of anilines is 1. The van der Waals surface area contributed by atoms with Gasteiger partial charge in [-0.1, -0.05) is 18.7 Å². The average Bonchev–Trinajstić information content (AvgIpc) is 3.30. The van der Waals surface area contributed by atoms with E-state index in [1.165, 1.54) is 22.2 Å². The van der Waals surface area contributed by atoms with E-state index in [-0.39, 0.29) is 23.3 Å². The Bertz CT molecular complexity index is 1140. The van der Waals surface area contributed by atoms with Crippen LogP contribution >= 0.6 is 23.1 Å². The lowest BCUT2D eigenvalue weighted by Crippen LogP contribution is -2.24. The van der Waals surface area contributed by atoms with Crippen LogP contribution in [0, 0.1) is 5.92 Å². The summed E-state index contributed by atoms with van der Waals surface area (Å²) in [5.74, 6) is 1.37. The van der Waals surface area contributed by atoms with Gasteiger partial charge in [0.25, 0.3) is 5.56 Å². The number of carbonyl (C=O) groups excluding carboxylic acids is 1. The number of hydrogen-bond acceptors (Lipinski definition) is 6. The minimum Gasteiger partial charge on any atom is -0.310 e. The van der Waals surface area contributed by atoms with Crippen LogP contribution in [0.25, 0.3) is 10.2 Å². The fraction of sp³-hybridized carbons (Fsp3) is 0.524. The zero-order valence-corrected chi connectivity index (χ0v) is 19.4.